The van der Waals surface area contributed by atoms with Crippen molar-refractivity contribution in [1.82, 2.24) is 4.98 Å². The number of rotatable bonds is 3. The number of fused-ring (bicyclic) bond motifs is 1. The van der Waals surface area contributed by atoms with E-state index >= 15 is 0 Å². The molecule has 0 atom stereocenters. The van der Waals surface area contributed by atoms with Gasteiger partial charge in [0.15, 0.2) is 5.58 Å². The summed E-state index contributed by atoms with van der Waals surface area (Å²) in [5, 5.41) is 12.5. The van der Waals surface area contributed by atoms with E-state index in [1.807, 2.05) is 22.6 Å². The smallest absolute Gasteiger partial charge is 0.374 e. The summed E-state index contributed by atoms with van der Waals surface area (Å²) in [5.74, 6) is -2.16. The van der Waals surface area contributed by atoms with E-state index in [0.717, 1.165) is 3.57 Å². The molecule has 9 heteroatoms. The second-order valence-electron chi connectivity index (χ2n) is 4.36. The summed E-state index contributed by atoms with van der Waals surface area (Å²) < 4.78 is 20.0. The molecule has 3 aromatic rings. The molecule has 2 N–H and O–H groups in total. The molecule has 0 saturated carbocycles. The first-order chi connectivity index (χ1) is 10.5. The Labute approximate surface area is 170 Å². The predicted molar refractivity (Wildman–Crippen MR) is 94.1 cm³/mol. The maximum Gasteiger partial charge on any atom is 0.374 e. The summed E-state index contributed by atoms with van der Waals surface area (Å²) in [6.45, 7) is 0. The van der Waals surface area contributed by atoms with E-state index in [1.54, 1.807) is 6.07 Å². The summed E-state index contributed by atoms with van der Waals surface area (Å²) >= 11 is 7.93. The average Bonchev–Trinajstić information content (AvgIpc) is 2.82. The third kappa shape index (κ3) is 3.63. The first-order valence-electron chi connectivity index (χ1n) is 5.98. The van der Waals surface area contributed by atoms with Gasteiger partial charge in [0.1, 0.15) is 16.5 Å². The number of carbonyl (C=O) groups is 1. The van der Waals surface area contributed by atoms with Crippen molar-refractivity contribution in [3.05, 3.63) is 50.8 Å². The van der Waals surface area contributed by atoms with Crippen molar-refractivity contribution in [3.8, 4) is 0 Å². The minimum absolute atomic E-state index is 0. The predicted octanol–water partition coefficient (Wildman–Crippen LogP) is 4.29. The molecule has 0 unspecified atom stereocenters. The Morgan fingerprint density at radius 1 is 1.39 bits per heavy atom. The number of carboxylic acid groups (broad SMARTS) is 1. The van der Waals surface area contributed by atoms with Gasteiger partial charge in [0.2, 0.25) is 5.76 Å². The van der Waals surface area contributed by atoms with Gasteiger partial charge in [-0.1, -0.05) is 11.6 Å². The first kappa shape index (κ1) is 18.5. The van der Waals surface area contributed by atoms with Gasteiger partial charge in [-0.2, -0.15) is 0 Å². The third-order valence-corrected chi connectivity index (χ3v) is 3.88. The fraction of sp³-hybridized carbons (Fsp3) is 0. The number of anilines is 2. The molecule has 1 aromatic carbocycles. The number of hydrogen-bond donors (Lipinski definition) is 2. The zero-order valence-corrected chi connectivity index (χ0v) is 16.6. The van der Waals surface area contributed by atoms with E-state index in [2.05, 4.69) is 10.3 Å². The third-order valence-electron chi connectivity index (χ3n) is 2.94. The zero-order chi connectivity index (χ0) is 15.9. The van der Waals surface area contributed by atoms with Crippen LogP contribution in [0, 0.1) is 9.39 Å². The van der Waals surface area contributed by atoms with Crippen molar-refractivity contribution in [1.29, 1.82) is 0 Å². The molecule has 0 amide bonds. The summed E-state index contributed by atoms with van der Waals surface area (Å²) in [5.41, 5.74) is 0.422. The molecule has 113 valence electrons. The molecule has 0 spiro atoms. The molecule has 3 rings (SSSR count). The Kier molecular flexibility index (Phi) is 5.90. The standard InChI is InChI=1S/C14H7ClFIN2O3.Na/c15-8-5-18-4-7-11(13(14(20)21)22-12(7)8)19-10-2-1-6(17)3-9(10)16;/h1-5,19H,(H,20,21);. The van der Waals surface area contributed by atoms with Crippen LogP contribution in [-0.4, -0.2) is 45.6 Å². The Balaban J connectivity index is 0.00000192. The molecule has 5 nitrogen and oxygen atoms in total. The fourth-order valence-corrected chi connectivity index (χ4v) is 2.63. The first-order valence-corrected chi connectivity index (χ1v) is 7.44. The average molecular weight is 456 g/mol. The van der Waals surface area contributed by atoms with Gasteiger partial charge in [0.05, 0.1) is 11.1 Å². The van der Waals surface area contributed by atoms with Crippen LogP contribution in [0.25, 0.3) is 11.0 Å². The number of benzene rings is 1. The normalized spacial score (nSPS) is 10.4. The monoisotopic (exact) mass is 455 g/mol. The number of halogens is 3. The van der Waals surface area contributed by atoms with Crippen LogP contribution in [0.4, 0.5) is 15.8 Å². The van der Waals surface area contributed by atoms with Gasteiger partial charge in [-0.25, -0.2) is 9.18 Å². The van der Waals surface area contributed by atoms with Gasteiger partial charge in [0.25, 0.3) is 0 Å². The quantitative estimate of drug-likeness (QED) is 0.455. The van der Waals surface area contributed by atoms with Crippen LogP contribution in [0.1, 0.15) is 10.6 Å². The van der Waals surface area contributed by atoms with Crippen molar-refractivity contribution < 1.29 is 18.7 Å². The van der Waals surface area contributed by atoms with Crippen LogP contribution in [0.15, 0.2) is 35.0 Å². The Morgan fingerprint density at radius 2 is 2.13 bits per heavy atom. The van der Waals surface area contributed by atoms with Crippen LogP contribution < -0.4 is 5.32 Å². The minimum atomic E-state index is -1.29. The van der Waals surface area contributed by atoms with E-state index in [1.165, 1.54) is 24.5 Å². The Bertz CT molecular complexity index is 903. The largest absolute Gasteiger partial charge is 0.475 e. The van der Waals surface area contributed by atoms with Gasteiger partial charge >= 0.3 is 5.97 Å². The number of hydrogen-bond acceptors (Lipinski definition) is 4. The van der Waals surface area contributed by atoms with Crippen molar-refractivity contribution in [2.24, 2.45) is 0 Å². The molecule has 0 aliphatic carbocycles. The van der Waals surface area contributed by atoms with Crippen LogP contribution in [0.2, 0.25) is 5.02 Å². The van der Waals surface area contributed by atoms with Gasteiger partial charge in [0, 0.05) is 45.5 Å². The SMILES string of the molecule is O=C(O)c1oc2c(Cl)cncc2c1Nc1ccc(I)cc1F.[Na]. The van der Waals surface area contributed by atoms with Crippen molar-refractivity contribution in [3.63, 3.8) is 0 Å². The van der Waals surface area contributed by atoms with Crippen LogP contribution in [-0.2, 0) is 0 Å². The molecular formula is C14H7ClFIN2NaO3. The Hall–Kier alpha value is -0.870. The number of aromatic nitrogens is 1. The van der Waals surface area contributed by atoms with E-state index in [-0.39, 0.29) is 57.3 Å². The van der Waals surface area contributed by atoms with E-state index in [4.69, 9.17) is 16.0 Å². The maximum absolute atomic E-state index is 14.0. The minimum Gasteiger partial charge on any atom is -0.475 e. The number of nitrogens with zero attached hydrogens (tertiary/aromatic N) is 1. The summed E-state index contributed by atoms with van der Waals surface area (Å²) in [7, 11) is 0. The molecule has 2 aromatic heterocycles. The number of furan rings is 1. The second kappa shape index (κ2) is 7.35. The molecule has 0 aliphatic heterocycles. The van der Waals surface area contributed by atoms with Crippen LogP contribution in [0.3, 0.4) is 0 Å². The topological polar surface area (TPSA) is 75.4 Å². The van der Waals surface area contributed by atoms with Crippen molar-refractivity contribution >= 4 is 92.1 Å². The summed E-state index contributed by atoms with van der Waals surface area (Å²) in [4.78, 5) is 15.2. The van der Waals surface area contributed by atoms with E-state index < -0.39 is 11.8 Å². The van der Waals surface area contributed by atoms with Gasteiger partial charge < -0.3 is 14.8 Å². The summed E-state index contributed by atoms with van der Waals surface area (Å²) in [6.07, 6.45) is 2.75. The van der Waals surface area contributed by atoms with Gasteiger partial charge in [-0.05, 0) is 40.8 Å². The van der Waals surface area contributed by atoms with E-state index in [0.29, 0.717) is 5.39 Å². The molecule has 2 heterocycles. The molecule has 0 aliphatic rings. The molecule has 0 saturated heterocycles. The van der Waals surface area contributed by atoms with Gasteiger partial charge in [-0.3, -0.25) is 4.98 Å². The molecule has 0 fully saturated rings. The zero-order valence-electron chi connectivity index (χ0n) is 11.7. The Morgan fingerprint density at radius 3 is 2.78 bits per heavy atom. The van der Waals surface area contributed by atoms with Crippen molar-refractivity contribution in [2.45, 2.75) is 0 Å². The number of nitrogens with one attached hydrogen (secondary N) is 1. The van der Waals surface area contributed by atoms with Crippen LogP contribution >= 0.6 is 34.2 Å². The molecule has 0 bridgehead atoms. The summed E-state index contributed by atoms with van der Waals surface area (Å²) in [6, 6.07) is 4.54. The van der Waals surface area contributed by atoms with Gasteiger partial charge in [-0.15, -0.1) is 0 Å². The number of pyridine rings is 1. The van der Waals surface area contributed by atoms with Crippen molar-refractivity contribution in [2.75, 3.05) is 5.32 Å². The molecule has 1 radical (unpaired) electrons. The fourth-order valence-electron chi connectivity index (χ4n) is 1.98. The maximum atomic E-state index is 14.0. The van der Waals surface area contributed by atoms with E-state index in [9.17, 15) is 14.3 Å². The number of aromatic carboxylic acids is 1. The number of carboxylic acids is 1. The second-order valence-corrected chi connectivity index (χ2v) is 6.01. The molecular weight excluding hydrogens is 449 g/mol. The van der Waals surface area contributed by atoms with Crippen LogP contribution in [0.5, 0.6) is 0 Å². The molecule has 23 heavy (non-hydrogen) atoms.